The summed E-state index contributed by atoms with van der Waals surface area (Å²) in [5.41, 5.74) is 0.558. The molecular weight excluding hydrogens is 330 g/mol. The lowest BCUT2D eigenvalue weighted by atomic mass is 9.85. The Morgan fingerprint density at radius 3 is 2.68 bits per heavy atom. The quantitative estimate of drug-likeness (QED) is 0.830. The minimum absolute atomic E-state index is 0.263. The van der Waals surface area contributed by atoms with E-state index < -0.39 is 10.0 Å². The first-order chi connectivity index (χ1) is 8.93. The molecular formula is C12H18BrN3O2S. The van der Waals surface area contributed by atoms with Crippen LogP contribution in [0.25, 0.3) is 0 Å². The minimum atomic E-state index is -3.47. The van der Waals surface area contributed by atoms with Crippen molar-refractivity contribution in [3.05, 3.63) is 16.9 Å². The normalized spacial score (nSPS) is 16.4. The zero-order chi connectivity index (χ0) is 14.0. The molecule has 19 heavy (non-hydrogen) atoms. The molecule has 1 heterocycles. The number of pyridine rings is 1. The van der Waals surface area contributed by atoms with Crippen LogP contribution in [0.5, 0.6) is 0 Å². The Labute approximate surface area is 122 Å². The Morgan fingerprint density at radius 1 is 1.47 bits per heavy atom. The third-order valence-electron chi connectivity index (χ3n) is 3.42. The highest BCUT2D eigenvalue weighted by atomic mass is 79.9. The van der Waals surface area contributed by atoms with Crippen LogP contribution in [0, 0.1) is 5.92 Å². The Kier molecular flexibility index (Phi) is 4.47. The number of nitrogens with zero attached hydrogens (tertiary/aromatic N) is 2. The molecule has 5 nitrogen and oxygen atoms in total. The fourth-order valence-electron chi connectivity index (χ4n) is 1.93. The van der Waals surface area contributed by atoms with Gasteiger partial charge in [-0.25, -0.2) is 17.7 Å². The molecule has 0 aromatic carbocycles. The van der Waals surface area contributed by atoms with Crippen molar-refractivity contribution >= 4 is 31.6 Å². The van der Waals surface area contributed by atoms with Crippen molar-refractivity contribution in [3.63, 3.8) is 0 Å². The molecule has 1 N–H and O–H groups in total. The minimum Gasteiger partial charge on any atom is -0.381 e. The zero-order valence-corrected chi connectivity index (χ0v) is 13.5. The molecule has 1 aromatic rings. The van der Waals surface area contributed by atoms with Gasteiger partial charge in [-0.15, -0.1) is 0 Å². The summed E-state index contributed by atoms with van der Waals surface area (Å²) < 4.78 is 26.3. The molecule has 0 unspecified atom stereocenters. The molecule has 1 aliphatic carbocycles. The number of sulfonamides is 1. The van der Waals surface area contributed by atoms with E-state index in [9.17, 15) is 8.42 Å². The van der Waals surface area contributed by atoms with E-state index in [1.807, 2.05) is 0 Å². The van der Waals surface area contributed by atoms with Crippen molar-refractivity contribution in [2.45, 2.75) is 24.2 Å². The summed E-state index contributed by atoms with van der Waals surface area (Å²) in [5.74, 6) is 0.641. The van der Waals surface area contributed by atoms with E-state index in [0.717, 1.165) is 6.54 Å². The smallest absolute Gasteiger partial charge is 0.244 e. The zero-order valence-electron chi connectivity index (χ0n) is 11.1. The van der Waals surface area contributed by atoms with E-state index >= 15 is 0 Å². The van der Waals surface area contributed by atoms with Gasteiger partial charge in [0.25, 0.3) is 0 Å². The lowest BCUT2D eigenvalue weighted by molar-refractivity contribution is 0.333. The first kappa shape index (κ1) is 14.7. The second kappa shape index (κ2) is 5.76. The Balaban J connectivity index is 2.30. The second-order valence-electron chi connectivity index (χ2n) is 4.94. The Morgan fingerprint density at radius 2 is 2.16 bits per heavy atom. The van der Waals surface area contributed by atoms with Crippen LogP contribution in [0.15, 0.2) is 21.8 Å². The van der Waals surface area contributed by atoms with Gasteiger partial charge in [-0.2, -0.15) is 0 Å². The summed E-state index contributed by atoms with van der Waals surface area (Å²) >= 11 is 3.32. The molecule has 1 aromatic heterocycles. The molecule has 0 radical (unpaired) electrons. The van der Waals surface area contributed by atoms with Gasteiger partial charge >= 0.3 is 0 Å². The first-order valence-electron chi connectivity index (χ1n) is 6.24. The molecule has 0 atom stereocenters. The van der Waals surface area contributed by atoms with E-state index in [2.05, 4.69) is 26.2 Å². The summed E-state index contributed by atoms with van der Waals surface area (Å²) in [7, 11) is -0.411. The SMILES string of the molecule is CN(C)S(=O)(=O)c1ccnc(Br)c1NCC1CCC1. The maximum atomic E-state index is 12.3. The highest BCUT2D eigenvalue weighted by Crippen LogP contribution is 2.32. The van der Waals surface area contributed by atoms with Crippen LogP contribution in [0.2, 0.25) is 0 Å². The average molecular weight is 348 g/mol. The van der Waals surface area contributed by atoms with Crippen LogP contribution in [-0.2, 0) is 10.0 Å². The van der Waals surface area contributed by atoms with Gasteiger partial charge in [0.05, 0.1) is 5.69 Å². The van der Waals surface area contributed by atoms with E-state index in [4.69, 9.17) is 0 Å². The third kappa shape index (κ3) is 3.09. The molecule has 2 rings (SSSR count). The maximum absolute atomic E-state index is 12.3. The van der Waals surface area contributed by atoms with E-state index in [1.165, 1.54) is 49.9 Å². The van der Waals surface area contributed by atoms with Gasteiger partial charge in [0.1, 0.15) is 9.50 Å². The van der Waals surface area contributed by atoms with Gasteiger partial charge in [-0.3, -0.25) is 0 Å². The van der Waals surface area contributed by atoms with Crippen molar-refractivity contribution in [1.29, 1.82) is 0 Å². The molecule has 0 aliphatic heterocycles. The van der Waals surface area contributed by atoms with Crippen molar-refractivity contribution < 1.29 is 8.42 Å². The number of hydrogen-bond donors (Lipinski definition) is 1. The van der Waals surface area contributed by atoms with Crippen LogP contribution < -0.4 is 5.32 Å². The summed E-state index contributed by atoms with van der Waals surface area (Å²) in [6, 6.07) is 1.53. The Bertz CT molecular complexity index is 556. The number of aromatic nitrogens is 1. The second-order valence-corrected chi connectivity index (χ2v) is 7.81. The fourth-order valence-corrected chi connectivity index (χ4v) is 3.59. The van der Waals surface area contributed by atoms with Crippen molar-refractivity contribution in [3.8, 4) is 0 Å². The lowest BCUT2D eigenvalue weighted by Gasteiger charge is -2.26. The topological polar surface area (TPSA) is 62.3 Å². The van der Waals surface area contributed by atoms with E-state index in [0.29, 0.717) is 16.2 Å². The van der Waals surface area contributed by atoms with Gasteiger partial charge in [0.15, 0.2) is 0 Å². The average Bonchev–Trinajstić information content (AvgIpc) is 2.28. The Hall–Kier alpha value is -0.660. The van der Waals surface area contributed by atoms with Gasteiger partial charge in [0, 0.05) is 26.8 Å². The van der Waals surface area contributed by atoms with Crippen LogP contribution in [-0.4, -0.2) is 38.3 Å². The molecule has 0 saturated heterocycles. The van der Waals surface area contributed by atoms with Crippen LogP contribution >= 0.6 is 15.9 Å². The van der Waals surface area contributed by atoms with E-state index in [1.54, 1.807) is 0 Å². The molecule has 1 fully saturated rings. The third-order valence-corrected chi connectivity index (χ3v) is 5.88. The van der Waals surface area contributed by atoms with Crippen molar-refractivity contribution in [2.75, 3.05) is 26.0 Å². The summed E-state index contributed by atoms with van der Waals surface area (Å²) in [4.78, 5) is 4.37. The van der Waals surface area contributed by atoms with Crippen molar-refractivity contribution in [1.82, 2.24) is 9.29 Å². The molecule has 0 spiro atoms. The first-order valence-corrected chi connectivity index (χ1v) is 8.47. The van der Waals surface area contributed by atoms with Crippen LogP contribution in [0.3, 0.4) is 0 Å². The van der Waals surface area contributed by atoms with E-state index in [-0.39, 0.29) is 4.90 Å². The largest absolute Gasteiger partial charge is 0.381 e. The molecule has 1 aliphatic rings. The number of halogens is 1. The van der Waals surface area contributed by atoms with Crippen molar-refractivity contribution in [2.24, 2.45) is 5.92 Å². The predicted molar refractivity (Wildman–Crippen MR) is 78.6 cm³/mol. The summed E-state index contributed by atoms with van der Waals surface area (Å²) in [6.07, 6.45) is 5.18. The summed E-state index contributed by atoms with van der Waals surface area (Å²) in [6.45, 7) is 0.792. The molecule has 7 heteroatoms. The lowest BCUT2D eigenvalue weighted by Crippen LogP contribution is -2.25. The number of rotatable bonds is 5. The molecule has 1 saturated carbocycles. The van der Waals surface area contributed by atoms with Gasteiger partial charge in [-0.1, -0.05) is 6.42 Å². The molecule has 106 valence electrons. The highest BCUT2D eigenvalue weighted by Gasteiger charge is 2.24. The summed E-state index contributed by atoms with van der Waals surface area (Å²) in [5, 5.41) is 3.23. The number of nitrogens with one attached hydrogen (secondary N) is 1. The number of hydrogen-bond acceptors (Lipinski definition) is 4. The molecule has 0 bridgehead atoms. The number of anilines is 1. The van der Waals surface area contributed by atoms with Crippen LogP contribution in [0.4, 0.5) is 5.69 Å². The fraction of sp³-hybridized carbons (Fsp3) is 0.583. The molecule has 0 amide bonds. The van der Waals surface area contributed by atoms with Gasteiger partial charge in [0.2, 0.25) is 10.0 Å². The van der Waals surface area contributed by atoms with Crippen LogP contribution in [0.1, 0.15) is 19.3 Å². The van der Waals surface area contributed by atoms with Gasteiger partial charge < -0.3 is 5.32 Å². The standard InChI is InChI=1S/C12H18BrN3O2S/c1-16(2)19(17,18)10-6-7-14-12(13)11(10)15-8-9-4-3-5-9/h6-7,9,15H,3-5,8H2,1-2H3. The van der Waals surface area contributed by atoms with Gasteiger partial charge in [-0.05, 0) is 40.8 Å². The maximum Gasteiger partial charge on any atom is 0.244 e. The monoisotopic (exact) mass is 347 g/mol. The highest BCUT2D eigenvalue weighted by molar-refractivity contribution is 9.10. The predicted octanol–water partition coefficient (Wildman–Crippen LogP) is 2.31.